The first-order valence-electron chi connectivity index (χ1n) is 4.92. The molecule has 14 heavy (non-hydrogen) atoms. The summed E-state index contributed by atoms with van der Waals surface area (Å²) in [7, 11) is -3.85. The molecule has 1 N–H and O–H groups in total. The van der Waals surface area contributed by atoms with Gasteiger partial charge in [0.2, 0.25) is 0 Å². The van der Waals surface area contributed by atoms with Gasteiger partial charge in [-0.2, -0.15) is 8.42 Å². The third kappa shape index (κ3) is 9.67. The largest absolute Gasteiger partial charge is 0.300 e. The van der Waals surface area contributed by atoms with Crippen molar-refractivity contribution in [2.45, 2.75) is 45.4 Å². The van der Waals surface area contributed by atoms with Crippen LogP contribution in [0.5, 0.6) is 0 Å². The number of rotatable bonds is 8. The SMILES string of the molecule is CCCCC(=O)CCCCS(=O)(=O)O. The van der Waals surface area contributed by atoms with Crippen LogP contribution in [0.15, 0.2) is 0 Å². The fraction of sp³-hybridized carbons (Fsp3) is 0.889. The van der Waals surface area contributed by atoms with Gasteiger partial charge < -0.3 is 0 Å². The zero-order valence-electron chi connectivity index (χ0n) is 8.53. The highest BCUT2D eigenvalue weighted by molar-refractivity contribution is 7.85. The number of Topliss-reactive ketones (excluding diaryl/α,β-unsaturated/α-hetero) is 1. The fourth-order valence-electron chi connectivity index (χ4n) is 1.11. The molecule has 5 heteroatoms. The quantitative estimate of drug-likeness (QED) is 0.502. The Morgan fingerprint density at radius 3 is 2.21 bits per heavy atom. The molecule has 84 valence electrons. The van der Waals surface area contributed by atoms with Crippen LogP contribution in [0, 0.1) is 0 Å². The molecule has 0 aromatic carbocycles. The van der Waals surface area contributed by atoms with Gasteiger partial charge in [-0.3, -0.25) is 9.35 Å². The number of hydrogen-bond donors (Lipinski definition) is 1. The maximum Gasteiger partial charge on any atom is 0.264 e. The van der Waals surface area contributed by atoms with Crippen molar-refractivity contribution >= 4 is 15.9 Å². The average molecular weight is 222 g/mol. The highest BCUT2D eigenvalue weighted by Crippen LogP contribution is 2.04. The lowest BCUT2D eigenvalue weighted by Gasteiger charge is -1.99. The summed E-state index contributed by atoms with van der Waals surface area (Å²) in [6, 6.07) is 0. The molecule has 0 unspecified atom stereocenters. The number of hydrogen-bond acceptors (Lipinski definition) is 3. The Morgan fingerprint density at radius 1 is 1.14 bits per heavy atom. The summed E-state index contributed by atoms with van der Waals surface area (Å²) in [4.78, 5) is 11.1. The molecule has 0 atom stereocenters. The summed E-state index contributed by atoms with van der Waals surface area (Å²) >= 11 is 0. The van der Waals surface area contributed by atoms with Crippen molar-refractivity contribution in [2.75, 3.05) is 5.75 Å². The molecular weight excluding hydrogens is 204 g/mol. The van der Waals surface area contributed by atoms with Crippen molar-refractivity contribution in [2.24, 2.45) is 0 Å². The minimum absolute atomic E-state index is 0.183. The van der Waals surface area contributed by atoms with Crippen LogP contribution in [0.2, 0.25) is 0 Å². The molecule has 0 saturated heterocycles. The molecule has 0 aliphatic carbocycles. The van der Waals surface area contributed by atoms with Crippen molar-refractivity contribution in [3.05, 3.63) is 0 Å². The molecule has 0 aromatic heterocycles. The van der Waals surface area contributed by atoms with Gasteiger partial charge in [0.1, 0.15) is 5.78 Å². The Hall–Kier alpha value is -0.420. The number of carbonyl (C=O) groups is 1. The molecule has 4 nitrogen and oxygen atoms in total. The summed E-state index contributed by atoms with van der Waals surface area (Å²) in [6.45, 7) is 2.02. The van der Waals surface area contributed by atoms with Crippen LogP contribution in [0.25, 0.3) is 0 Å². The fourth-order valence-corrected chi connectivity index (χ4v) is 1.67. The highest BCUT2D eigenvalue weighted by Gasteiger charge is 2.05. The predicted octanol–water partition coefficient (Wildman–Crippen LogP) is 1.80. The van der Waals surface area contributed by atoms with Gasteiger partial charge in [-0.15, -0.1) is 0 Å². The molecule has 0 bridgehead atoms. The molecule has 0 rings (SSSR count). The van der Waals surface area contributed by atoms with E-state index >= 15 is 0 Å². The summed E-state index contributed by atoms with van der Waals surface area (Å²) in [6.07, 6.45) is 3.81. The number of carbonyl (C=O) groups excluding carboxylic acids is 1. The normalized spacial score (nSPS) is 11.6. The van der Waals surface area contributed by atoms with Crippen LogP contribution >= 0.6 is 0 Å². The third-order valence-corrected chi connectivity index (χ3v) is 2.72. The third-order valence-electron chi connectivity index (χ3n) is 1.92. The maximum absolute atomic E-state index is 11.1. The number of ketones is 1. The van der Waals surface area contributed by atoms with E-state index in [0.717, 1.165) is 12.8 Å². The smallest absolute Gasteiger partial charge is 0.264 e. The van der Waals surface area contributed by atoms with Gasteiger partial charge in [-0.1, -0.05) is 13.3 Å². The minimum atomic E-state index is -3.85. The van der Waals surface area contributed by atoms with Gasteiger partial charge >= 0.3 is 0 Å². The summed E-state index contributed by atoms with van der Waals surface area (Å²) < 4.78 is 29.0. The Morgan fingerprint density at radius 2 is 1.71 bits per heavy atom. The lowest BCUT2D eigenvalue weighted by atomic mass is 10.1. The molecule has 0 heterocycles. The van der Waals surface area contributed by atoms with Crippen molar-refractivity contribution in [3.8, 4) is 0 Å². The Balaban J connectivity index is 3.41. The summed E-state index contributed by atoms with van der Waals surface area (Å²) in [5.74, 6) is -0.0594. The topological polar surface area (TPSA) is 71.4 Å². The second-order valence-electron chi connectivity index (χ2n) is 3.39. The molecule has 0 aliphatic rings. The number of unbranched alkanes of at least 4 members (excludes halogenated alkanes) is 2. The second kappa shape index (κ2) is 6.95. The first-order chi connectivity index (χ1) is 6.45. The molecule has 0 aliphatic heterocycles. The van der Waals surface area contributed by atoms with Gasteiger partial charge in [-0.25, -0.2) is 0 Å². The van der Waals surface area contributed by atoms with Gasteiger partial charge in [0.25, 0.3) is 10.1 Å². The van der Waals surface area contributed by atoms with Gasteiger partial charge in [0.15, 0.2) is 0 Å². The lowest BCUT2D eigenvalue weighted by Crippen LogP contribution is -2.05. The zero-order valence-corrected chi connectivity index (χ0v) is 9.35. The Bertz CT molecular complexity index is 256. The first kappa shape index (κ1) is 13.6. The molecule has 0 amide bonds. The highest BCUT2D eigenvalue weighted by atomic mass is 32.2. The van der Waals surface area contributed by atoms with Crippen LogP contribution < -0.4 is 0 Å². The standard InChI is InChI=1S/C9H18O4S/c1-2-3-6-9(10)7-4-5-8-14(11,12)13/h2-8H2,1H3,(H,11,12,13). The first-order valence-corrected chi connectivity index (χ1v) is 6.53. The van der Waals surface area contributed by atoms with Crippen molar-refractivity contribution in [3.63, 3.8) is 0 Å². The van der Waals surface area contributed by atoms with E-state index in [1.54, 1.807) is 0 Å². The maximum atomic E-state index is 11.1. The van der Waals surface area contributed by atoms with E-state index in [9.17, 15) is 13.2 Å². The van der Waals surface area contributed by atoms with E-state index in [4.69, 9.17) is 4.55 Å². The molecule has 0 saturated carbocycles. The van der Waals surface area contributed by atoms with Crippen molar-refractivity contribution < 1.29 is 17.8 Å². The Kier molecular flexibility index (Phi) is 6.74. The molecule has 0 fully saturated rings. The minimum Gasteiger partial charge on any atom is -0.300 e. The average Bonchev–Trinajstić information content (AvgIpc) is 2.07. The molecule has 0 aromatic rings. The van der Waals surface area contributed by atoms with Crippen molar-refractivity contribution in [1.82, 2.24) is 0 Å². The summed E-state index contributed by atoms with van der Waals surface area (Å²) in [5, 5.41) is 0. The van der Waals surface area contributed by atoms with E-state index in [2.05, 4.69) is 0 Å². The van der Waals surface area contributed by atoms with Crippen molar-refractivity contribution in [1.29, 1.82) is 0 Å². The van der Waals surface area contributed by atoms with E-state index < -0.39 is 10.1 Å². The second-order valence-corrected chi connectivity index (χ2v) is 4.96. The van der Waals surface area contributed by atoms with Crippen LogP contribution in [0.4, 0.5) is 0 Å². The lowest BCUT2D eigenvalue weighted by molar-refractivity contribution is -0.119. The summed E-state index contributed by atoms with van der Waals surface area (Å²) in [5.41, 5.74) is 0. The van der Waals surface area contributed by atoms with Crippen LogP contribution in [0.1, 0.15) is 45.4 Å². The predicted molar refractivity (Wildman–Crippen MR) is 54.8 cm³/mol. The molecular formula is C9H18O4S. The van der Waals surface area contributed by atoms with Gasteiger partial charge in [-0.05, 0) is 19.3 Å². The van der Waals surface area contributed by atoms with Crippen LogP contribution in [-0.2, 0) is 14.9 Å². The van der Waals surface area contributed by atoms with Gasteiger partial charge in [0, 0.05) is 12.8 Å². The van der Waals surface area contributed by atoms with E-state index in [-0.39, 0.29) is 11.5 Å². The van der Waals surface area contributed by atoms with E-state index in [1.807, 2.05) is 6.92 Å². The monoisotopic (exact) mass is 222 g/mol. The molecule has 0 radical (unpaired) electrons. The van der Waals surface area contributed by atoms with E-state index in [1.165, 1.54) is 0 Å². The Labute approximate surface area is 85.4 Å². The van der Waals surface area contributed by atoms with E-state index in [0.29, 0.717) is 25.7 Å². The van der Waals surface area contributed by atoms with Crippen LogP contribution in [-0.4, -0.2) is 24.5 Å². The zero-order chi connectivity index (χ0) is 11.0. The van der Waals surface area contributed by atoms with Gasteiger partial charge in [0.05, 0.1) is 5.75 Å². The van der Waals surface area contributed by atoms with Crippen LogP contribution in [0.3, 0.4) is 0 Å². The molecule has 0 spiro atoms.